The van der Waals surface area contributed by atoms with E-state index in [1.54, 1.807) is 12.1 Å². The summed E-state index contributed by atoms with van der Waals surface area (Å²) < 4.78 is 11.4. The van der Waals surface area contributed by atoms with Gasteiger partial charge in [0.2, 0.25) is 0 Å². The average molecular weight is 403 g/mol. The van der Waals surface area contributed by atoms with E-state index in [2.05, 4.69) is 17.3 Å². The molecule has 1 aromatic rings. The van der Waals surface area contributed by atoms with Crippen LogP contribution < -0.4 is 9.47 Å². The quantitative estimate of drug-likeness (QED) is 0.413. The van der Waals surface area contributed by atoms with Crippen molar-refractivity contribution in [2.75, 3.05) is 6.61 Å². The molecule has 3 aliphatic rings. The van der Waals surface area contributed by atoms with Crippen LogP contribution in [0.4, 0.5) is 0 Å². The molecule has 0 radical (unpaired) electrons. The summed E-state index contributed by atoms with van der Waals surface area (Å²) in [5, 5.41) is 5.60. The number of rotatable bonds is 6. The van der Waals surface area contributed by atoms with Gasteiger partial charge in [0.1, 0.15) is 0 Å². The number of hydrogen-bond donors (Lipinski definition) is 0. The van der Waals surface area contributed by atoms with Crippen molar-refractivity contribution in [2.45, 2.75) is 33.3 Å². The summed E-state index contributed by atoms with van der Waals surface area (Å²) in [6.45, 7) is 6.14. The van der Waals surface area contributed by atoms with Gasteiger partial charge in [-0.15, -0.1) is 0 Å². The van der Waals surface area contributed by atoms with Crippen LogP contribution in [0.5, 0.6) is 11.5 Å². The van der Waals surface area contributed by atoms with Crippen molar-refractivity contribution in [3.8, 4) is 11.5 Å². The maximum absolute atomic E-state index is 12.7. The molecule has 4 rings (SSSR count). The fraction of sp³-hybridized carbons (Fsp3) is 0.476. The Balaban J connectivity index is 1.58. The van der Waals surface area contributed by atoms with Gasteiger partial charge < -0.3 is 9.47 Å². The van der Waals surface area contributed by atoms with Crippen molar-refractivity contribution < 1.29 is 19.1 Å². The number of carbonyl (C=O) groups excluding carboxylic acids is 2. The molecular formula is C21H23ClN2O4. The maximum Gasteiger partial charge on any atom is 0.254 e. The molecule has 2 aliphatic carbocycles. The summed E-state index contributed by atoms with van der Waals surface area (Å²) in [6.07, 6.45) is 6.44. The third kappa shape index (κ3) is 3.09. The topological polar surface area (TPSA) is 68.2 Å². The first-order valence-corrected chi connectivity index (χ1v) is 10.0. The number of halogens is 1. The van der Waals surface area contributed by atoms with Crippen LogP contribution in [0.3, 0.4) is 0 Å². The lowest BCUT2D eigenvalue weighted by atomic mass is 9.85. The van der Waals surface area contributed by atoms with Gasteiger partial charge in [0.15, 0.2) is 11.5 Å². The van der Waals surface area contributed by atoms with E-state index in [9.17, 15) is 9.59 Å². The zero-order chi connectivity index (χ0) is 20.0. The second-order valence-electron chi connectivity index (χ2n) is 7.66. The zero-order valence-corrected chi connectivity index (χ0v) is 16.8. The van der Waals surface area contributed by atoms with Gasteiger partial charge in [0, 0.05) is 0 Å². The number of ether oxygens (including phenoxy) is 2. The maximum atomic E-state index is 12.7. The third-order valence-electron chi connectivity index (χ3n) is 5.45. The normalized spacial score (nSPS) is 28.1. The largest absolute Gasteiger partial charge is 0.490 e. The van der Waals surface area contributed by atoms with E-state index in [-0.39, 0.29) is 41.6 Å². The molecule has 28 heavy (non-hydrogen) atoms. The minimum absolute atomic E-state index is 0.0561. The molecule has 2 fully saturated rings. The molecule has 1 heterocycles. The number of imide groups is 1. The van der Waals surface area contributed by atoms with Gasteiger partial charge in [-0.25, -0.2) is 0 Å². The summed E-state index contributed by atoms with van der Waals surface area (Å²) in [5.74, 6) is 0.367. The van der Waals surface area contributed by atoms with Crippen molar-refractivity contribution in [1.82, 2.24) is 5.01 Å². The standard InChI is InChI=1S/C21H23ClN2O4/c1-4-27-16-8-12(7-15(22)19(16)28-11(2)3)10-23-24-20(25)17-13-5-6-14(9-13)18(17)21(24)26/h5-8,10-11,13-14,17-18H,4,9H2,1-3H3. The predicted octanol–water partition coefficient (Wildman–Crippen LogP) is 3.67. The number of hydrazone groups is 1. The monoisotopic (exact) mass is 402 g/mol. The van der Waals surface area contributed by atoms with Crippen molar-refractivity contribution in [3.05, 3.63) is 34.9 Å². The zero-order valence-electron chi connectivity index (χ0n) is 16.1. The van der Waals surface area contributed by atoms with Crippen LogP contribution in [-0.2, 0) is 9.59 Å². The van der Waals surface area contributed by atoms with Crippen LogP contribution in [0.2, 0.25) is 5.02 Å². The summed E-state index contributed by atoms with van der Waals surface area (Å²) in [4.78, 5) is 25.4. The predicted molar refractivity (Wildman–Crippen MR) is 106 cm³/mol. The highest BCUT2D eigenvalue weighted by Gasteiger charge is 2.59. The minimum atomic E-state index is -0.260. The van der Waals surface area contributed by atoms with Crippen molar-refractivity contribution in [1.29, 1.82) is 0 Å². The smallest absolute Gasteiger partial charge is 0.254 e. The molecule has 2 bridgehead atoms. The van der Waals surface area contributed by atoms with Gasteiger partial charge in [-0.2, -0.15) is 10.1 Å². The molecular weight excluding hydrogens is 380 g/mol. The Labute approximate surface area is 169 Å². The highest BCUT2D eigenvalue weighted by molar-refractivity contribution is 6.32. The van der Waals surface area contributed by atoms with E-state index < -0.39 is 0 Å². The van der Waals surface area contributed by atoms with Gasteiger partial charge in [0.05, 0.1) is 35.8 Å². The first-order chi connectivity index (χ1) is 13.4. The Morgan fingerprint density at radius 1 is 1.21 bits per heavy atom. The van der Waals surface area contributed by atoms with E-state index in [1.165, 1.54) is 6.21 Å². The van der Waals surface area contributed by atoms with Crippen LogP contribution in [0.15, 0.2) is 29.4 Å². The molecule has 6 nitrogen and oxygen atoms in total. The number of benzene rings is 1. The Morgan fingerprint density at radius 2 is 1.86 bits per heavy atom. The van der Waals surface area contributed by atoms with Crippen LogP contribution in [-0.4, -0.2) is 35.7 Å². The van der Waals surface area contributed by atoms with Gasteiger partial charge in [-0.1, -0.05) is 23.8 Å². The molecule has 1 aliphatic heterocycles. The Morgan fingerprint density at radius 3 is 2.43 bits per heavy atom. The number of hydrogen-bond acceptors (Lipinski definition) is 5. The Bertz CT molecular complexity index is 849. The van der Waals surface area contributed by atoms with Crippen LogP contribution >= 0.6 is 11.6 Å². The van der Waals surface area contributed by atoms with E-state index in [0.29, 0.717) is 28.7 Å². The molecule has 2 amide bonds. The molecule has 0 spiro atoms. The van der Waals surface area contributed by atoms with Gasteiger partial charge in [0.25, 0.3) is 11.8 Å². The summed E-state index contributed by atoms with van der Waals surface area (Å²) in [6, 6.07) is 3.43. The van der Waals surface area contributed by atoms with Gasteiger partial charge in [-0.3, -0.25) is 9.59 Å². The fourth-order valence-corrected chi connectivity index (χ4v) is 4.66. The van der Waals surface area contributed by atoms with E-state index in [4.69, 9.17) is 21.1 Å². The number of amides is 2. The first-order valence-electron chi connectivity index (χ1n) is 9.63. The highest BCUT2D eigenvalue weighted by Crippen LogP contribution is 2.52. The lowest BCUT2D eigenvalue weighted by molar-refractivity contribution is -0.140. The number of nitrogens with zero attached hydrogens (tertiary/aromatic N) is 2. The molecule has 4 atom stereocenters. The Hall–Kier alpha value is -2.34. The van der Waals surface area contributed by atoms with Crippen molar-refractivity contribution in [3.63, 3.8) is 0 Å². The van der Waals surface area contributed by atoms with E-state index in [0.717, 1.165) is 11.4 Å². The van der Waals surface area contributed by atoms with Gasteiger partial charge >= 0.3 is 0 Å². The molecule has 7 heteroatoms. The van der Waals surface area contributed by atoms with Crippen molar-refractivity contribution >= 4 is 29.6 Å². The summed E-state index contributed by atoms with van der Waals surface area (Å²) in [7, 11) is 0. The average Bonchev–Trinajstić information content (AvgIpc) is 3.31. The molecule has 148 valence electrons. The molecule has 1 aromatic carbocycles. The lowest BCUT2D eigenvalue weighted by Crippen LogP contribution is -2.28. The molecule has 1 saturated carbocycles. The fourth-order valence-electron chi connectivity index (χ4n) is 4.40. The van der Waals surface area contributed by atoms with Crippen LogP contribution in [0, 0.1) is 23.7 Å². The number of carbonyl (C=O) groups is 2. The molecule has 1 saturated heterocycles. The van der Waals surface area contributed by atoms with Crippen LogP contribution in [0.1, 0.15) is 32.8 Å². The first kappa shape index (κ1) is 19.0. The second-order valence-corrected chi connectivity index (χ2v) is 8.07. The molecule has 0 aromatic heterocycles. The van der Waals surface area contributed by atoms with E-state index >= 15 is 0 Å². The van der Waals surface area contributed by atoms with Gasteiger partial charge in [-0.05, 0) is 56.7 Å². The summed E-state index contributed by atoms with van der Waals surface area (Å²) in [5.41, 5.74) is 0.628. The van der Waals surface area contributed by atoms with Crippen molar-refractivity contribution in [2.24, 2.45) is 28.8 Å². The highest BCUT2D eigenvalue weighted by atomic mass is 35.5. The van der Waals surface area contributed by atoms with Crippen LogP contribution in [0.25, 0.3) is 0 Å². The second kappa shape index (κ2) is 7.24. The number of fused-ring (bicyclic) bond motifs is 5. The number of allylic oxidation sites excluding steroid dienone is 2. The third-order valence-corrected chi connectivity index (χ3v) is 5.74. The molecule has 0 N–H and O–H groups in total. The SMILES string of the molecule is CCOc1cc(C=NN2C(=O)C3C4C=CC(C4)C3C2=O)cc(Cl)c1OC(C)C. The molecule has 4 unspecified atom stereocenters. The Kier molecular flexibility index (Phi) is 4.91. The minimum Gasteiger partial charge on any atom is -0.490 e. The lowest BCUT2D eigenvalue weighted by Gasteiger charge is -2.16. The van der Waals surface area contributed by atoms with E-state index in [1.807, 2.05) is 20.8 Å². The summed E-state index contributed by atoms with van der Waals surface area (Å²) >= 11 is 6.37.